The number of sulfonamides is 2. The number of thiazole rings is 1. The molecule has 1 aromatic heterocycles. The predicted molar refractivity (Wildman–Crippen MR) is 133 cm³/mol. The Hall–Kier alpha value is -2.82. The molecule has 0 unspecified atom stereocenters. The van der Waals surface area contributed by atoms with E-state index in [0.717, 1.165) is 16.9 Å². The Morgan fingerprint density at radius 2 is 1.74 bits per heavy atom. The van der Waals surface area contributed by atoms with Crippen molar-refractivity contribution >= 4 is 47.5 Å². The summed E-state index contributed by atoms with van der Waals surface area (Å²) in [7, 11) is -7.51. The first-order valence-electron chi connectivity index (χ1n) is 10.8. The standard InChI is InChI=1S/C23H24N4O5S3/c1-3-12-27-20-9-8-19(34(24,29)30)15-21(20)33-23(27)25-22(28)17-10-13-26(14-11-17)35(31,32)18-6-4-16(2)5-7-18/h1,4-9,15,17H,10-14H2,2H3,(H2,24,29,30). The highest BCUT2D eigenvalue weighted by atomic mass is 32.2. The van der Waals surface area contributed by atoms with Gasteiger partial charge in [-0.05, 0) is 50.1 Å². The Morgan fingerprint density at radius 1 is 1.11 bits per heavy atom. The molecule has 0 aliphatic carbocycles. The topological polar surface area (TPSA) is 132 Å². The number of terminal acetylenes is 1. The van der Waals surface area contributed by atoms with Crippen LogP contribution in [0.1, 0.15) is 18.4 Å². The predicted octanol–water partition coefficient (Wildman–Crippen LogP) is 1.82. The maximum absolute atomic E-state index is 13.0. The zero-order valence-corrected chi connectivity index (χ0v) is 21.4. The first-order valence-corrected chi connectivity index (χ1v) is 14.6. The number of fused-ring (bicyclic) bond motifs is 1. The number of aromatic nitrogens is 1. The van der Waals surface area contributed by atoms with Crippen LogP contribution in [0.2, 0.25) is 0 Å². The van der Waals surface area contributed by atoms with Crippen LogP contribution >= 0.6 is 11.3 Å². The Bertz CT molecular complexity index is 1600. The molecule has 0 saturated carbocycles. The number of amides is 1. The first-order chi connectivity index (χ1) is 16.5. The van der Waals surface area contributed by atoms with E-state index in [4.69, 9.17) is 11.6 Å². The van der Waals surface area contributed by atoms with Gasteiger partial charge < -0.3 is 4.57 Å². The van der Waals surface area contributed by atoms with Crippen molar-refractivity contribution in [3.63, 3.8) is 0 Å². The molecule has 12 heteroatoms. The molecular weight excluding hydrogens is 508 g/mol. The number of nitrogens with two attached hydrogens (primary N) is 1. The van der Waals surface area contributed by atoms with Gasteiger partial charge in [0.05, 0.1) is 26.6 Å². The maximum atomic E-state index is 13.0. The number of primary sulfonamides is 1. The Kier molecular flexibility index (Phi) is 6.99. The second kappa shape index (κ2) is 9.67. The number of hydrogen-bond donors (Lipinski definition) is 1. The van der Waals surface area contributed by atoms with Crippen LogP contribution in [0.3, 0.4) is 0 Å². The van der Waals surface area contributed by atoms with Crippen molar-refractivity contribution in [1.82, 2.24) is 8.87 Å². The third-order valence-electron chi connectivity index (χ3n) is 5.90. The van der Waals surface area contributed by atoms with Crippen LogP contribution in [0.4, 0.5) is 0 Å². The van der Waals surface area contributed by atoms with E-state index in [1.54, 1.807) is 34.9 Å². The molecule has 1 aliphatic rings. The third-order valence-corrected chi connectivity index (χ3v) is 9.76. The first kappa shape index (κ1) is 25.3. The molecule has 1 aliphatic heterocycles. The highest BCUT2D eigenvalue weighted by Gasteiger charge is 2.32. The fourth-order valence-corrected chi connectivity index (χ4v) is 7.11. The normalized spacial score (nSPS) is 16.4. The zero-order valence-electron chi connectivity index (χ0n) is 18.9. The number of aryl methyl sites for hydroxylation is 1. The molecule has 2 N–H and O–H groups in total. The quantitative estimate of drug-likeness (QED) is 0.501. The minimum Gasteiger partial charge on any atom is -0.305 e. The molecule has 2 heterocycles. The molecule has 184 valence electrons. The van der Waals surface area contributed by atoms with Crippen LogP contribution in [0.15, 0.2) is 57.2 Å². The van der Waals surface area contributed by atoms with Gasteiger partial charge in [-0.1, -0.05) is 35.0 Å². The molecule has 3 aromatic rings. The summed E-state index contributed by atoms with van der Waals surface area (Å²) in [6.45, 7) is 2.47. The lowest BCUT2D eigenvalue weighted by molar-refractivity contribution is -0.122. The van der Waals surface area contributed by atoms with Crippen LogP contribution in [0.5, 0.6) is 0 Å². The van der Waals surface area contributed by atoms with E-state index in [-0.39, 0.29) is 35.3 Å². The summed E-state index contributed by atoms with van der Waals surface area (Å²) in [6, 6.07) is 11.1. The lowest BCUT2D eigenvalue weighted by Crippen LogP contribution is -2.40. The Labute approximate surface area is 208 Å². The summed E-state index contributed by atoms with van der Waals surface area (Å²) in [6.07, 6.45) is 6.19. The van der Waals surface area contributed by atoms with Crippen molar-refractivity contribution in [2.75, 3.05) is 13.1 Å². The van der Waals surface area contributed by atoms with Crippen molar-refractivity contribution in [1.29, 1.82) is 0 Å². The Morgan fingerprint density at radius 3 is 2.34 bits per heavy atom. The molecule has 1 saturated heterocycles. The van der Waals surface area contributed by atoms with Gasteiger partial charge in [-0.3, -0.25) is 4.79 Å². The molecule has 0 radical (unpaired) electrons. The fraction of sp³-hybridized carbons (Fsp3) is 0.304. The maximum Gasteiger partial charge on any atom is 0.251 e. The molecule has 0 atom stereocenters. The summed E-state index contributed by atoms with van der Waals surface area (Å²) < 4.78 is 52.9. The molecule has 2 aromatic carbocycles. The second-order valence-electron chi connectivity index (χ2n) is 8.29. The van der Waals surface area contributed by atoms with Crippen molar-refractivity contribution in [3.05, 3.63) is 52.8 Å². The molecule has 1 fully saturated rings. The summed E-state index contributed by atoms with van der Waals surface area (Å²) >= 11 is 1.14. The Balaban J connectivity index is 1.57. The van der Waals surface area contributed by atoms with Gasteiger partial charge >= 0.3 is 0 Å². The monoisotopic (exact) mass is 532 g/mol. The summed E-state index contributed by atoms with van der Waals surface area (Å²) in [5.74, 6) is 1.74. The van der Waals surface area contributed by atoms with Gasteiger partial charge in [-0.15, -0.1) is 6.42 Å². The van der Waals surface area contributed by atoms with Crippen molar-refractivity contribution in [3.8, 4) is 12.3 Å². The average molecular weight is 533 g/mol. The van der Waals surface area contributed by atoms with E-state index in [9.17, 15) is 21.6 Å². The van der Waals surface area contributed by atoms with E-state index in [1.165, 1.54) is 16.4 Å². The number of benzene rings is 2. The van der Waals surface area contributed by atoms with E-state index >= 15 is 0 Å². The minimum atomic E-state index is -3.88. The SMILES string of the molecule is C#CCn1c(=NC(=O)C2CCN(S(=O)(=O)c3ccc(C)cc3)CC2)sc2cc(S(N)(=O)=O)ccc21. The molecule has 0 bridgehead atoms. The number of rotatable bonds is 5. The third kappa shape index (κ3) is 5.24. The molecule has 4 rings (SSSR count). The van der Waals surface area contributed by atoms with E-state index in [2.05, 4.69) is 10.9 Å². The minimum absolute atomic E-state index is 0.0425. The van der Waals surface area contributed by atoms with Gasteiger partial charge in [0.2, 0.25) is 20.0 Å². The summed E-state index contributed by atoms with van der Waals surface area (Å²) in [4.78, 5) is 17.8. The zero-order chi connectivity index (χ0) is 25.4. The van der Waals surface area contributed by atoms with Gasteiger partial charge in [0.15, 0.2) is 4.80 Å². The van der Waals surface area contributed by atoms with Gasteiger partial charge in [0, 0.05) is 19.0 Å². The van der Waals surface area contributed by atoms with Gasteiger partial charge in [-0.25, -0.2) is 22.0 Å². The highest BCUT2D eigenvalue weighted by molar-refractivity contribution is 7.89. The van der Waals surface area contributed by atoms with E-state index in [1.807, 2.05) is 6.92 Å². The van der Waals surface area contributed by atoms with Crippen LogP contribution in [-0.4, -0.2) is 44.7 Å². The van der Waals surface area contributed by atoms with Gasteiger partial charge in [0.1, 0.15) is 0 Å². The lowest BCUT2D eigenvalue weighted by Gasteiger charge is -2.29. The molecule has 9 nitrogen and oxygen atoms in total. The lowest BCUT2D eigenvalue weighted by atomic mass is 9.98. The van der Waals surface area contributed by atoms with Gasteiger partial charge in [-0.2, -0.15) is 9.30 Å². The molecule has 35 heavy (non-hydrogen) atoms. The summed E-state index contributed by atoms with van der Waals surface area (Å²) in [5, 5.41) is 5.23. The largest absolute Gasteiger partial charge is 0.305 e. The number of piperidine rings is 1. The van der Waals surface area contributed by atoms with Crippen LogP contribution in [0.25, 0.3) is 10.2 Å². The second-order valence-corrected chi connectivity index (χ2v) is 12.8. The average Bonchev–Trinajstić information content (AvgIpc) is 3.15. The smallest absolute Gasteiger partial charge is 0.251 e. The number of carbonyl (C=O) groups is 1. The molecule has 1 amide bonds. The molecular formula is C23H24N4O5S3. The van der Waals surface area contributed by atoms with E-state index < -0.39 is 26.0 Å². The number of nitrogens with zero attached hydrogens (tertiary/aromatic N) is 3. The number of hydrogen-bond acceptors (Lipinski definition) is 6. The fourth-order valence-electron chi connectivity index (χ4n) is 3.95. The van der Waals surface area contributed by atoms with Crippen LogP contribution < -0.4 is 9.94 Å². The van der Waals surface area contributed by atoms with E-state index in [0.29, 0.717) is 27.9 Å². The molecule has 0 spiro atoms. The van der Waals surface area contributed by atoms with Crippen LogP contribution in [-0.2, 0) is 31.4 Å². The van der Waals surface area contributed by atoms with Gasteiger partial charge in [0.25, 0.3) is 5.91 Å². The highest BCUT2D eigenvalue weighted by Crippen LogP contribution is 2.25. The number of carbonyl (C=O) groups excluding carboxylic acids is 1. The van der Waals surface area contributed by atoms with Crippen molar-refractivity contribution < 1.29 is 21.6 Å². The summed E-state index contributed by atoms with van der Waals surface area (Å²) in [5.41, 5.74) is 1.62. The van der Waals surface area contributed by atoms with Crippen molar-refractivity contribution in [2.24, 2.45) is 16.0 Å². The van der Waals surface area contributed by atoms with Crippen LogP contribution in [0, 0.1) is 25.2 Å². The van der Waals surface area contributed by atoms with Crippen molar-refractivity contribution in [2.45, 2.75) is 36.1 Å².